The van der Waals surface area contributed by atoms with Crippen molar-refractivity contribution >= 4 is 17.3 Å². The smallest absolute Gasteiger partial charge is 0.165 e. The number of fused-ring (bicyclic) bond motifs is 3. The minimum absolute atomic E-state index is 0.352. The molecular weight excluding hydrogens is 374 g/mol. The van der Waals surface area contributed by atoms with E-state index in [0.717, 1.165) is 47.3 Å². The molecule has 28 heavy (non-hydrogen) atoms. The van der Waals surface area contributed by atoms with Crippen LogP contribution in [0.15, 0.2) is 53.5 Å². The third kappa shape index (κ3) is 3.46. The molecule has 1 aliphatic rings. The van der Waals surface area contributed by atoms with Gasteiger partial charge in [-0.3, -0.25) is 14.4 Å². The van der Waals surface area contributed by atoms with E-state index >= 15 is 0 Å². The second-order valence-corrected chi connectivity index (χ2v) is 6.82. The standard InChI is InChI=1S/C21H22ClN5O/c1-3-26(4-2)28-14-20-25-24-19-13-23-21(15-9-5-7-11-17(15)22)16-10-6-8-12-18(16)27(19)20/h5-12H,3-4,13-14H2,1-2H3. The highest BCUT2D eigenvalue weighted by Crippen LogP contribution is 2.28. The molecule has 144 valence electrons. The van der Waals surface area contributed by atoms with Crippen LogP contribution in [0.1, 0.15) is 36.6 Å². The van der Waals surface area contributed by atoms with E-state index in [2.05, 4.69) is 36.2 Å². The third-order valence-corrected chi connectivity index (χ3v) is 5.12. The van der Waals surface area contributed by atoms with E-state index in [-0.39, 0.29) is 0 Å². The fraction of sp³-hybridized carbons (Fsp3) is 0.286. The van der Waals surface area contributed by atoms with Crippen LogP contribution in [0.2, 0.25) is 5.02 Å². The van der Waals surface area contributed by atoms with Crippen LogP contribution in [-0.4, -0.2) is 38.6 Å². The molecule has 4 rings (SSSR count). The van der Waals surface area contributed by atoms with Gasteiger partial charge in [-0.2, -0.15) is 5.06 Å². The first-order chi connectivity index (χ1) is 13.7. The average Bonchev–Trinajstić information content (AvgIpc) is 3.05. The van der Waals surface area contributed by atoms with Crippen LogP contribution < -0.4 is 0 Å². The van der Waals surface area contributed by atoms with Crippen molar-refractivity contribution in [2.45, 2.75) is 27.0 Å². The number of benzene rings is 2. The van der Waals surface area contributed by atoms with Gasteiger partial charge in [0.05, 0.1) is 11.4 Å². The van der Waals surface area contributed by atoms with E-state index in [1.807, 2.05) is 46.0 Å². The first-order valence-electron chi connectivity index (χ1n) is 9.43. The Labute approximate surface area is 169 Å². The largest absolute Gasteiger partial charge is 0.291 e. The van der Waals surface area contributed by atoms with E-state index in [1.165, 1.54) is 0 Å². The minimum Gasteiger partial charge on any atom is -0.291 e. The van der Waals surface area contributed by atoms with Crippen molar-refractivity contribution < 1.29 is 4.84 Å². The summed E-state index contributed by atoms with van der Waals surface area (Å²) < 4.78 is 2.05. The highest BCUT2D eigenvalue weighted by atomic mass is 35.5. The predicted molar refractivity (Wildman–Crippen MR) is 110 cm³/mol. The van der Waals surface area contributed by atoms with Gasteiger partial charge in [0, 0.05) is 29.2 Å². The van der Waals surface area contributed by atoms with Gasteiger partial charge < -0.3 is 0 Å². The minimum atomic E-state index is 0.352. The average molecular weight is 396 g/mol. The summed E-state index contributed by atoms with van der Waals surface area (Å²) in [6.45, 7) is 6.53. The molecular formula is C21H22ClN5O. The van der Waals surface area contributed by atoms with Crippen molar-refractivity contribution in [2.24, 2.45) is 4.99 Å². The highest BCUT2D eigenvalue weighted by molar-refractivity contribution is 6.35. The molecule has 0 aliphatic carbocycles. The summed E-state index contributed by atoms with van der Waals surface area (Å²) in [5.74, 6) is 1.54. The maximum absolute atomic E-state index is 6.47. The maximum atomic E-state index is 6.47. The maximum Gasteiger partial charge on any atom is 0.165 e. The van der Waals surface area contributed by atoms with Crippen LogP contribution >= 0.6 is 11.6 Å². The molecule has 1 aromatic heterocycles. The van der Waals surface area contributed by atoms with Gasteiger partial charge >= 0.3 is 0 Å². The lowest BCUT2D eigenvalue weighted by Crippen LogP contribution is -2.24. The van der Waals surface area contributed by atoms with Gasteiger partial charge in [-0.05, 0) is 12.1 Å². The Balaban J connectivity index is 1.78. The molecule has 0 N–H and O–H groups in total. The number of nitrogens with zero attached hydrogens (tertiary/aromatic N) is 5. The van der Waals surface area contributed by atoms with Gasteiger partial charge in [0.1, 0.15) is 13.2 Å². The van der Waals surface area contributed by atoms with Gasteiger partial charge in [0.2, 0.25) is 0 Å². The molecule has 0 amide bonds. The van der Waals surface area contributed by atoms with E-state index in [4.69, 9.17) is 21.4 Å². The van der Waals surface area contributed by atoms with E-state index in [9.17, 15) is 0 Å². The lowest BCUT2D eigenvalue weighted by molar-refractivity contribution is -0.165. The Hall–Kier alpha value is -2.54. The number of rotatable bonds is 6. The number of para-hydroxylation sites is 1. The van der Waals surface area contributed by atoms with Crippen molar-refractivity contribution in [2.75, 3.05) is 13.1 Å². The fourth-order valence-corrected chi connectivity index (χ4v) is 3.60. The Morgan fingerprint density at radius 3 is 2.46 bits per heavy atom. The zero-order valence-electron chi connectivity index (χ0n) is 16.0. The van der Waals surface area contributed by atoms with Crippen LogP contribution in [0.5, 0.6) is 0 Å². The summed E-state index contributed by atoms with van der Waals surface area (Å²) in [6.07, 6.45) is 0. The summed E-state index contributed by atoms with van der Waals surface area (Å²) >= 11 is 6.47. The monoisotopic (exact) mass is 395 g/mol. The molecule has 0 fully saturated rings. The van der Waals surface area contributed by atoms with E-state index < -0.39 is 0 Å². The Bertz CT molecular complexity index is 1010. The van der Waals surface area contributed by atoms with Crippen molar-refractivity contribution in [1.82, 2.24) is 19.8 Å². The van der Waals surface area contributed by atoms with E-state index in [0.29, 0.717) is 18.2 Å². The van der Waals surface area contributed by atoms with Gasteiger partial charge in [-0.25, -0.2) is 0 Å². The molecule has 0 saturated carbocycles. The highest BCUT2D eigenvalue weighted by Gasteiger charge is 2.23. The molecule has 3 aromatic rings. The molecule has 0 unspecified atom stereocenters. The first kappa shape index (κ1) is 18.8. The number of halogens is 1. The molecule has 7 heteroatoms. The van der Waals surface area contributed by atoms with Crippen molar-refractivity contribution in [1.29, 1.82) is 0 Å². The zero-order valence-corrected chi connectivity index (χ0v) is 16.7. The molecule has 0 atom stereocenters. The first-order valence-corrected chi connectivity index (χ1v) is 9.80. The van der Waals surface area contributed by atoms with Gasteiger partial charge in [-0.1, -0.05) is 61.8 Å². The Morgan fingerprint density at radius 2 is 1.71 bits per heavy atom. The molecule has 0 bridgehead atoms. The summed E-state index contributed by atoms with van der Waals surface area (Å²) in [5.41, 5.74) is 3.76. The third-order valence-electron chi connectivity index (χ3n) is 4.79. The Morgan fingerprint density at radius 1 is 1.00 bits per heavy atom. The zero-order chi connectivity index (χ0) is 19.5. The number of aliphatic imine (C=N–C) groups is 1. The van der Waals surface area contributed by atoms with Crippen molar-refractivity contribution in [3.63, 3.8) is 0 Å². The second kappa shape index (κ2) is 8.22. The predicted octanol–water partition coefficient (Wildman–Crippen LogP) is 4.05. The van der Waals surface area contributed by atoms with Gasteiger partial charge in [0.25, 0.3) is 0 Å². The molecule has 0 radical (unpaired) electrons. The SMILES string of the molecule is CCN(CC)OCc1nnc2n1-c1ccccc1C(c1ccccc1Cl)=NC2. The molecule has 2 heterocycles. The number of hydrogen-bond acceptors (Lipinski definition) is 5. The summed E-state index contributed by atoms with van der Waals surface area (Å²) in [6, 6.07) is 15.9. The lowest BCUT2D eigenvalue weighted by atomic mass is 10.0. The van der Waals surface area contributed by atoms with Crippen LogP contribution in [0.3, 0.4) is 0 Å². The number of hydroxylamine groups is 2. The van der Waals surface area contributed by atoms with E-state index in [1.54, 1.807) is 0 Å². The second-order valence-electron chi connectivity index (χ2n) is 6.42. The summed E-state index contributed by atoms with van der Waals surface area (Å²) in [4.78, 5) is 10.7. The number of aromatic nitrogens is 3. The van der Waals surface area contributed by atoms with Crippen LogP contribution in [0.25, 0.3) is 5.69 Å². The number of hydrogen-bond donors (Lipinski definition) is 0. The molecule has 6 nitrogen and oxygen atoms in total. The van der Waals surface area contributed by atoms with Gasteiger partial charge in [0.15, 0.2) is 11.6 Å². The molecule has 0 saturated heterocycles. The molecule has 2 aromatic carbocycles. The normalized spacial score (nSPS) is 13.1. The van der Waals surface area contributed by atoms with Crippen molar-refractivity contribution in [3.05, 3.63) is 76.3 Å². The van der Waals surface area contributed by atoms with Crippen molar-refractivity contribution in [3.8, 4) is 5.69 Å². The molecule has 1 aliphatic heterocycles. The van der Waals surface area contributed by atoms with Crippen LogP contribution in [0, 0.1) is 0 Å². The van der Waals surface area contributed by atoms with Crippen LogP contribution in [-0.2, 0) is 18.0 Å². The van der Waals surface area contributed by atoms with Gasteiger partial charge in [-0.15, -0.1) is 10.2 Å². The Kier molecular flexibility index (Phi) is 5.52. The van der Waals surface area contributed by atoms with Crippen LogP contribution in [0.4, 0.5) is 0 Å². The quantitative estimate of drug-likeness (QED) is 0.591. The summed E-state index contributed by atoms with van der Waals surface area (Å²) in [7, 11) is 0. The topological polar surface area (TPSA) is 55.5 Å². The fourth-order valence-electron chi connectivity index (χ4n) is 3.37. The summed E-state index contributed by atoms with van der Waals surface area (Å²) in [5, 5.41) is 11.3. The lowest BCUT2D eigenvalue weighted by Gasteiger charge is -2.18. The molecule has 0 spiro atoms.